The number of methoxy groups -OCH3 is 2. The van der Waals surface area contributed by atoms with E-state index in [4.69, 9.17) is 18.9 Å². The first kappa shape index (κ1) is 30.2. The second-order valence-corrected chi connectivity index (χ2v) is 9.10. The zero-order chi connectivity index (χ0) is 26.9. The minimum atomic E-state index is -0.917. The second-order valence-electron chi connectivity index (χ2n) is 9.10. The molecular weight excluding hydrogens is 468 g/mol. The van der Waals surface area contributed by atoms with Crippen molar-refractivity contribution in [2.45, 2.75) is 84.2 Å². The first-order valence-electron chi connectivity index (χ1n) is 13.6. The Morgan fingerprint density at radius 1 is 0.838 bits per heavy atom. The lowest BCUT2D eigenvalue weighted by molar-refractivity contribution is -0.134. The molecule has 0 bridgehead atoms. The number of benzene rings is 2. The van der Waals surface area contributed by atoms with Gasteiger partial charge in [0.05, 0.1) is 20.8 Å². The number of aliphatic hydroxyl groups is 1. The molecule has 6 heteroatoms. The molecule has 0 radical (unpaired) electrons. The maximum absolute atomic E-state index is 12.3. The molecule has 0 aliphatic carbocycles. The van der Waals surface area contributed by atoms with Crippen LogP contribution in [0.5, 0.6) is 23.0 Å². The standard InChI is InChI=1S/C31H44O6/c1-5-7-8-9-10-11-12-13-14-15-31(33)37-26-19-20-27(30(23-26)36-6-2)28(32)21-17-24-16-18-25(34-3)22-29(24)35-4/h16-23,28,32H,5-15H2,1-4H3. The first-order chi connectivity index (χ1) is 18.0. The quantitative estimate of drug-likeness (QED) is 0.125. The monoisotopic (exact) mass is 512 g/mol. The third kappa shape index (κ3) is 10.9. The van der Waals surface area contributed by atoms with Crippen LogP contribution in [0.25, 0.3) is 6.08 Å². The van der Waals surface area contributed by atoms with Gasteiger partial charge in [0, 0.05) is 29.7 Å². The van der Waals surface area contributed by atoms with Crippen LogP contribution in [0, 0.1) is 0 Å². The van der Waals surface area contributed by atoms with Gasteiger partial charge in [-0.3, -0.25) is 4.79 Å². The normalized spacial score (nSPS) is 11.9. The van der Waals surface area contributed by atoms with Crippen molar-refractivity contribution in [3.8, 4) is 23.0 Å². The van der Waals surface area contributed by atoms with Crippen LogP contribution in [-0.4, -0.2) is 31.9 Å². The summed E-state index contributed by atoms with van der Waals surface area (Å²) in [4.78, 5) is 12.3. The Labute approximate surface area is 222 Å². The largest absolute Gasteiger partial charge is 0.497 e. The molecule has 1 atom stereocenters. The molecule has 1 unspecified atom stereocenters. The minimum absolute atomic E-state index is 0.245. The zero-order valence-electron chi connectivity index (χ0n) is 23.0. The van der Waals surface area contributed by atoms with E-state index in [0.717, 1.165) is 24.8 Å². The average Bonchev–Trinajstić information content (AvgIpc) is 2.91. The van der Waals surface area contributed by atoms with Gasteiger partial charge in [0.15, 0.2) is 0 Å². The van der Waals surface area contributed by atoms with Crippen LogP contribution in [0.15, 0.2) is 42.5 Å². The molecule has 2 aromatic carbocycles. The Kier molecular flexibility index (Phi) is 14.3. The second kappa shape index (κ2) is 17.5. The van der Waals surface area contributed by atoms with Crippen LogP contribution < -0.4 is 18.9 Å². The van der Waals surface area contributed by atoms with Crippen molar-refractivity contribution in [1.29, 1.82) is 0 Å². The fourth-order valence-corrected chi connectivity index (χ4v) is 4.12. The summed E-state index contributed by atoms with van der Waals surface area (Å²) in [6.45, 7) is 4.53. The van der Waals surface area contributed by atoms with E-state index in [9.17, 15) is 9.90 Å². The highest BCUT2D eigenvalue weighted by Crippen LogP contribution is 2.32. The van der Waals surface area contributed by atoms with Gasteiger partial charge in [-0.15, -0.1) is 0 Å². The molecule has 204 valence electrons. The number of carbonyl (C=O) groups excluding carboxylic acids is 1. The fraction of sp³-hybridized carbons (Fsp3) is 0.516. The van der Waals surface area contributed by atoms with Gasteiger partial charge in [0.2, 0.25) is 0 Å². The number of carbonyl (C=O) groups is 1. The van der Waals surface area contributed by atoms with Crippen molar-refractivity contribution >= 4 is 12.0 Å². The van der Waals surface area contributed by atoms with Gasteiger partial charge >= 0.3 is 5.97 Å². The van der Waals surface area contributed by atoms with E-state index in [1.54, 1.807) is 50.6 Å². The van der Waals surface area contributed by atoms with E-state index < -0.39 is 6.10 Å². The number of aliphatic hydroxyl groups excluding tert-OH is 1. The molecule has 0 spiro atoms. The lowest BCUT2D eigenvalue weighted by Crippen LogP contribution is -2.08. The topological polar surface area (TPSA) is 74.2 Å². The van der Waals surface area contributed by atoms with Gasteiger partial charge in [-0.2, -0.15) is 0 Å². The molecule has 0 saturated carbocycles. The Morgan fingerprint density at radius 3 is 2.14 bits per heavy atom. The highest BCUT2D eigenvalue weighted by molar-refractivity contribution is 5.72. The van der Waals surface area contributed by atoms with Crippen LogP contribution in [0.1, 0.15) is 95.3 Å². The van der Waals surface area contributed by atoms with Gasteiger partial charge in [0.25, 0.3) is 0 Å². The summed E-state index contributed by atoms with van der Waals surface area (Å²) in [5, 5.41) is 10.8. The van der Waals surface area contributed by atoms with E-state index in [-0.39, 0.29) is 5.97 Å². The third-order valence-electron chi connectivity index (χ3n) is 6.22. The van der Waals surface area contributed by atoms with Crippen molar-refractivity contribution in [2.75, 3.05) is 20.8 Å². The number of esters is 1. The average molecular weight is 513 g/mol. The SMILES string of the molecule is CCCCCCCCCCCC(=O)Oc1ccc(C(O)C=Cc2ccc(OC)cc2OC)c(OCC)c1. The maximum Gasteiger partial charge on any atom is 0.311 e. The first-order valence-corrected chi connectivity index (χ1v) is 13.6. The van der Waals surface area contributed by atoms with Crippen molar-refractivity contribution < 1.29 is 28.8 Å². The number of unbranched alkanes of at least 4 members (excludes halogenated alkanes) is 8. The van der Waals surface area contributed by atoms with E-state index in [1.807, 2.05) is 19.1 Å². The smallest absolute Gasteiger partial charge is 0.311 e. The molecule has 2 rings (SSSR count). The van der Waals surface area contributed by atoms with Gasteiger partial charge in [-0.05, 0) is 37.6 Å². The fourth-order valence-electron chi connectivity index (χ4n) is 4.12. The summed E-state index contributed by atoms with van der Waals surface area (Å²) in [6, 6.07) is 10.6. The molecule has 37 heavy (non-hydrogen) atoms. The van der Waals surface area contributed by atoms with Gasteiger partial charge in [-0.25, -0.2) is 0 Å². The highest BCUT2D eigenvalue weighted by atomic mass is 16.5. The lowest BCUT2D eigenvalue weighted by atomic mass is 10.1. The number of ether oxygens (including phenoxy) is 4. The Morgan fingerprint density at radius 2 is 1.49 bits per heavy atom. The van der Waals surface area contributed by atoms with E-state index in [2.05, 4.69) is 6.92 Å². The van der Waals surface area contributed by atoms with Gasteiger partial charge < -0.3 is 24.1 Å². The molecule has 0 heterocycles. The summed E-state index contributed by atoms with van der Waals surface area (Å²) < 4.78 is 21.9. The molecule has 0 aliphatic rings. The summed E-state index contributed by atoms with van der Waals surface area (Å²) in [6.07, 6.45) is 13.7. The van der Waals surface area contributed by atoms with Crippen molar-refractivity contribution in [2.24, 2.45) is 0 Å². The van der Waals surface area contributed by atoms with Crippen LogP contribution in [0.4, 0.5) is 0 Å². The Hall–Kier alpha value is -2.99. The van der Waals surface area contributed by atoms with Crippen LogP contribution in [-0.2, 0) is 4.79 Å². The van der Waals surface area contributed by atoms with Crippen molar-refractivity contribution in [3.05, 3.63) is 53.6 Å². The van der Waals surface area contributed by atoms with E-state index in [0.29, 0.717) is 41.6 Å². The van der Waals surface area contributed by atoms with E-state index >= 15 is 0 Å². The molecule has 0 amide bonds. The van der Waals surface area contributed by atoms with Crippen molar-refractivity contribution in [3.63, 3.8) is 0 Å². The molecule has 0 aromatic heterocycles. The van der Waals surface area contributed by atoms with Crippen LogP contribution >= 0.6 is 0 Å². The molecule has 1 N–H and O–H groups in total. The maximum atomic E-state index is 12.3. The molecule has 0 aliphatic heterocycles. The van der Waals surface area contributed by atoms with Crippen LogP contribution in [0.2, 0.25) is 0 Å². The summed E-state index contributed by atoms with van der Waals surface area (Å²) in [7, 11) is 3.19. The third-order valence-corrected chi connectivity index (χ3v) is 6.22. The van der Waals surface area contributed by atoms with E-state index in [1.165, 1.54) is 38.5 Å². The predicted molar refractivity (Wildman–Crippen MR) is 149 cm³/mol. The van der Waals surface area contributed by atoms with Gasteiger partial charge in [-0.1, -0.05) is 70.4 Å². The molecule has 6 nitrogen and oxygen atoms in total. The Balaban J connectivity index is 1.91. The lowest BCUT2D eigenvalue weighted by Gasteiger charge is -2.15. The zero-order valence-corrected chi connectivity index (χ0v) is 23.0. The van der Waals surface area contributed by atoms with Gasteiger partial charge in [0.1, 0.15) is 29.1 Å². The number of rotatable bonds is 18. The molecule has 0 fully saturated rings. The van der Waals surface area contributed by atoms with Crippen LogP contribution in [0.3, 0.4) is 0 Å². The number of hydrogen-bond acceptors (Lipinski definition) is 6. The minimum Gasteiger partial charge on any atom is -0.497 e. The molecular formula is C31H44O6. The highest BCUT2D eigenvalue weighted by Gasteiger charge is 2.14. The molecule has 2 aromatic rings. The molecule has 0 saturated heterocycles. The summed E-state index contributed by atoms with van der Waals surface area (Å²) in [5.74, 6) is 1.99. The summed E-state index contributed by atoms with van der Waals surface area (Å²) >= 11 is 0. The predicted octanol–water partition coefficient (Wildman–Crippen LogP) is 7.68. The summed E-state index contributed by atoms with van der Waals surface area (Å²) in [5.41, 5.74) is 1.40. The number of hydrogen-bond donors (Lipinski definition) is 1. The Bertz CT molecular complexity index is 968. The van der Waals surface area contributed by atoms with Crippen molar-refractivity contribution in [1.82, 2.24) is 0 Å².